The second-order valence-electron chi connectivity index (χ2n) is 4.97. The van der Waals surface area contributed by atoms with E-state index in [9.17, 15) is 4.79 Å². The molecule has 8 heteroatoms. The van der Waals surface area contributed by atoms with Crippen LogP contribution in [-0.2, 0) is 6.54 Å². The Morgan fingerprint density at radius 2 is 2.29 bits per heavy atom. The minimum Gasteiger partial charge on any atom is -0.349 e. The number of nitrogens with two attached hydrogens (primary N) is 1. The Hall–Kier alpha value is -0.400. The summed E-state index contributed by atoms with van der Waals surface area (Å²) < 4.78 is 0. The van der Waals surface area contributed by atoms with Gasteiger partial charge in [0.25, 0.3) is 5.91 Å². The maximum Gasteiger partial charge on any atom is 0.270 e. The largest absolute Gasteiger partial charge is 0.349 e. The fourth-order valence-electron chi connectivity index (χ4n) is 2.40. The molecule has 0 aromatic carbocycles. The van der Waals surface area contributed by atoms with Gasteiger partial charge in [0.15, 0.2) is 0 Å². The number of hydrogen-bond donors (Lipinski definition) is 2. The normalized spacial score (nSPS) is 18.5. The van der Waals surface area contributed by atoms with Crippen molar-refractivity contribution >= 4 is 42.1 Å². The van der Waals surface area contributed by atoms with Gasteiger partial charge in [0.2, 0.25) is 0 Å². The molecule has 3 N–H and O–H groups in total. The highest BCUT2D eigenvalue weighted by Gasteiger charge is 2.18. The third-order valence-electron chi connectivity index (χ3n) is 3.58. The molecule has 1 aliphatic rings. The maximum absolute atomic E-state index is 11.9. The van der Waals surface area contributed by atoms with E-state index in [1.54, 1.807) is 5.38 Å². The maximum atomic E-state index is 11.9. The molecular formula is C13H24Cl2N4OS. The summed E-state index contributed by atoms with van der Waals surface area (Å²) in [6, 6.07) is 0.633. The van der Waals surface area contributed by atoms with Gasteiger partial charge < -0.3 is 11.1 Å². The number of amides is 1. The average Bonchev–Trinajstić information content (AvgIpc) is 2.90. The third-order valence-corrected chi connectivity index (χ3v) is 4.46. The van der Waals surface area contributed by atoms with E-state index in [0.29, 0.717) is 24.8 Å². The molecule has 1 aromatic heterocycles. The Labute approximate surface area is 142 Å². The number of nitrogens with one attached hydrogen (secondary N) is 1. The molecule has 2 heterocycles. The third kappa shape index (κ3) is 6.08. The van der Waals surface area contributed by atoms with Gasteiger partial charge in [-0.15, -0.1) is 36.2 Å². The number of carbonyl (C=O) groups is 1. The molecule has 1 saturated heterocycles. The molecular weight excluding hydrogens is 331 g/mol. The minimum atomic E-state index is -0.0967. The molecule has 5 nitrogen and oxygen atoms in total. The molecule has 1 amide bonds. The first kappa shape index (κ1) is 20.6. The topological polar surface area (TPSA) is 71.2 Å². The molecule has 1 atom stereocenters. The Bertz CT molecular complexity index is 430. The summed E-state index contributed by atoms with van der Waals surface area (Å²) in [6.45, 7) is 5.39. The lowest BCUT2D eigenvalue weighted by molar-refractivity contribution is 0.0934. The summed E-state index contributed by atoms with van der Waals surface area (Å²) in [7, 11) is 0. The van der Waals surface area contributed by atoms with Gasteiger partial charge in [0.1, 0.15) is 10.7 Å². The van der Waals surface area contributed by atoms with Crippen molar-refractivity contribution in [2.75, 3.05) is 19.6 Å². The summed E-state index contributed by atoms with van der Waals surface area (Å²) in [4.78, 5) is 18.5. The molecule has 1 fully saturated rings. The van der Waals surface area contributed by atoms with Gasteiger partial charge in [-0.1, -0.05) is 6.42 Å². The number of piperidine rings is 1. The highest BCUT2D eigenvalue weighted by molar-refractivity contribution is 7.09. The zero-order valence-electron chi connectivity index (χ0n) is 12.2. The summed E-state index contributed by atoms with van der Waals surface area (Å²) in [6.07, 6.45) is 3.86. The molecule has 1 unspecified atom stereocenters. The van der Waals surface area contributed by atoms with Crippen LogP contribution >= 0.6 is 36.2 Å². The standard InChI is InChI=1S/C13H22N4OS.2ClH/c1-10-4-2-3-6-17(10)7-5-15-13(18)11-9-19-12(8-14)16-11;;/h9-10H,2-8,14H2,1H3,(H,15,18);2*1H. The predicted molar refractivity (Wildman–Crippen MR) is 91.7 cm³/mol. The van der Waals surface area contributed by atoms with E-state index in [4.69, 9.17) is 5.73 Å². The fraction of sp³-hybridized carbons (Fsp3) is 0.692. The Balaban J connectivity index is 0.00000200. The number of aromatic nitrogens is 1. The zero-order chi connectivity index (χ0) is 13.7. The van der Waals surface area contributed by atoms with Crippen LogP contribution in [0.5, 0.6) is 0 Å². The van der Waals surface area contributed by atoms with Crippen molar-refractivity contribution in [1.82, 2.24) is 15.2 Å². The molecule has 21 heavy (non-hydrogen) atoms. The minimum absolute atomic E-state index is 0. The summed E-state index contributed by atoms with van der Waals surface area (Å²) in [5, 5.41) is 5.49. The van der Waals surface area contributed by atoms with E-state index in [-0.39, 0.29) is 30.7 Å². The van der Waals surface area contributed by atoms with E-state index in [1.165, 1.54) is 30.6 Å². The fourth-order valence-corrected chi connectivity index (χ4v) is 3.06. The molecule has 1 aromatic rings. The van der Waals surface area contributed by atoms with Gasteiger partial charge in [0, 0.05) is 31.1 Å². The van der Waals surface area contributed by atoms with Crippen molar-refractivity contribution in [1.29, 1.82) is 0 Å². The molecule has 2 rings (SSSR count). The smallest absolute Gasteiger partial charge is 0.270 e. The van der Waals surface area contributed by atoms with Crippen molar-refractivity contribution < 1.29 is 4.79 Å². The second-order valence-corrected chi connectivity index (χ2v) is 5.91. The number of likely N-dealkylation sites (tertiary alicyclic amines) is 1. The van der Waals surface area contributed by atoms with Gasteiger partial charge in [-0.25, -0.2) is 4.98 Å². The van der Waals surface area contributed by atoms with E-state index >= 15 is 0 Å². The number of halogens is 2. The molecule has 1 aliphatic heterocycles. The lowest BCUT2D eigenvalue weighted by Crippen LogP contribution is -2.42. The van der Waals surface area contributed by atoms with Crippen LogP contribution in [0.3, 0.4) is 0 Å². The number of rotatable bonds is 5. The van der Waals surface area contributed by atoms with E-state index < -0.39 is 0 Å². The summed E-state index contributed by atoms with van der Waals surface area (Å²) in [5.41, 5.74) is 5.97. The van der Waals surface area contributed by atoms with Crippen LogP contribution in [0.2, 0.25) is 0 Å². The van der Waals surface area contributed by atoms with Crippen molar-refractivity contribution in [3.05, 3.63) is 16.1 Å². The van der Waals surface area contributed by atoms with E-state index in [1.807, 2.05) is 0 Å². The first-order chi connectivity index (χ1) is 9.20. The zero-order valence-corrected chi connectivity index (χ0v) is 14.7. The number of thiazole rings is 1. The number of hydrogen-bond acceptors (Lipinski definition) is 5. The first-order valence-corrected chi connectivity index (χ1v) is 7.75. The van der Waals surface area contributed by atoms with E-state index in [2.05, 4.69) is 22.1 Å². The van der Waals surface area contributed by atoms with Gasteiger partial charge in [0.05, 0.1) is 0 Å². The lowest BCUT2D eigenvalue weighted by Gasteiger charge is -2.33. The summed E-state index contributed by atoms with van der Waals surface area (Å²) in [5.74, 6) is -0.0967. The SMILES string of the molecule is CC1CCCCN1CCNC(=O)c1csc(CN)n1.Cl.Cl. The molecule has 0 aliphatic carbocycles. The van der Waals surface area contributed by atoms with Crippen LogP contribution in [0.15, 0.2) is 5.38 Å². The number of nitrogens with zero attached hydrogens (tertiary/aromatic N) is 2. The number of carbonyl (C=O) groups excluding carboxylic acids is 1. The quantitative estimate of drug-likeness (QED) is 0.848. The molecule has 0 radical (unpaired) electrons. The molecule has 0 bridgehead atoms. The van der Waals surface area contributed by atoms with Crippen LogP contribution in [0.4, 0.5) is 0 Å². The average molecular weight is 355 g/mol. The van der Waals surface area contributed by atoms with Gasteiger partial charge in [-0.2, -0.15) is 0 Å². The van der Waals surface area contributed by atoms with E-state index in [0.717, 1.165) is 18.1 Å². The Morgan fingerprint density at radius 3 is 2.90 bits per heavy atom. The highest BCUT2D eigenvalue weighted by atomic mass is 35.5. The Kier molecular flexibility index (Phi) is 10.1. The molecule has 0 spiro atoms. The van der Waals surface area contributed by atoms with Crippen molar-refractivity contribution in [3.8, 4) is 0 Å². The Morgan fingerprint density at radius 1 is 1.52 bits per heavy atom. The van der Waals surface area contributed by atoms with Crippen LogP contribution in [0.1, 0.15) is 41.7 Å². The first-order valence-electron chi connectivity index (χ1n) is 6.87. The lowest BCUT2D eigenvalue weighted by atomic mass is 10.0. The van der Waals surface area contributed by atoms with Crippen molar-refractivity contribution in [2.45, 2.75) is 38.8 Å². The van der Waals surface area contributed by atoms with Crippen molar-refractivity contribution in [3.63, 3.8) is 0 Å². The van der Waals surface area contributed by atoms with Gasteiger partial charge in [-0.3, -0.25) is 9.69 Å². The molecule has 0 saturated carbocycles. The monoisotopic (exact) mass is 354 g/mol. The van der Waals surface area contributed by atoms with Crippen LogP contribution in [0, 0.1) is 0 Å². The predicted octanol–water partition coefficient (Wildman–Crippen LogP) is 2.05. The second kappa shape index (κ2) is 10.3. The van der Waals surface area contributed by atoms with Gasteiger partial charge in [-0.05, 0) is 26.3 Å². The summed E-state index contributed by atoms with van der Waals surface area (Å²) >= 11 is 1.43. The van der Waals surface area contributed by atoms with Crippen LogP contribution < -0.4 is 11.1 Å². The van der Waals surface area contributed by atoms with Crippen molar-refractivity contribution in [2.24, 2.45) is 5.73 Å². The van der Waals surface area contributed by atoms with Gasteiger partial charge >= 0.3 is 0 Å². The van der Waals surface area contributed by atoms with Crippen LogP contribution in [-0.4, -0.2) is 41.5 Å². The highest BCUT2D eigenvalue weighted by Crippen LogP contribution is 2.15. The van der Waals surface area contributed by atoms with Crippen LogP contribution in [0.25, 0.3) is 0 Å². The molecule has 122 valence electrons.